The molecule has 4 aromatic rings. The monoisotopic (exact) mass is 467 g/mol. The molecule has 0 unspecified atom stereocenters. The van der Waals surface area contributed by atoms with Gasteiger partial charge < -0.3 is 10.1 Å². The van der Waals surface area contributed by atoms with Crippen LogP contribution in [-0.4, -0.2) is 38.8 Å². The lowest BCUT2D eigenvalue weighted by Gasteiger charge is -2.09. The fourth-order valence-corrected chi connectivity index (χ4v) is 3.65. The Balaban J connectivity index is 1.24. The van der Waals surface area contributed by atoms with E-state index in [2.05, 4.69) is 20.5 Å². The van der Waals surface area contributed by atoms with Crippen molar-refractivity contribution in [2.24, 2.45) is 0 Å². The number of aromatic nitrogens is 4. The highest BCUT2D eigenvalue weighted by Crippen LogP contribution is 2.22. The molecule has 0 saturated carbocycles. The van der Waals surface area contributed by atoms with Crippen molar-refractivity contribution in [3.63, 3.8) is 0 Å². The van der Waals surface area contributed by atoms with Crippen molar-refractivity contribution in [1.29, 1.82) is 0 Å². The van der Waals surface area contributed by atoms with E-state index < -0.39 is 0 Å². The highest BCUT2D eigenvalue weighted by Gasteiger charge is 2.08. The van der Waals surface area contributed by atoms with Gasteiger partial charge in [0.1, 0.15) is 18.8 Å². The number of benzene rings is 1. The first-order chi connectivity index (χ1) is 15.6. The summed E-state index contributed by atoms with van der Waals surface area (Å²) in [6.07, 6.45) is 1.35. The molecule has 0 aliphatic rings. The summed E-state index contributed by atoms with van der Waals surface area (Å²) >= 11 is 7.46. The molecular weight excluding hydrogens is 450 g/mol. The van der Waals surface area contributed by atoms with Crippen LogP contribution in [0.15, 0.2) is 71.1 Å². The Kier molecular flexibility index (Phi) is 6.88. The lowest BCUT2D eigenvalue weighted by atomic mass is 10.1. The minimum Gasteiger partial charge on any atom is -0.475 e. The van der Waals surface area contributed by atoms with Gasteiger partial charge in [-0.3, -0.25) is 14.2 Å². The zero-order chi connectivity index (χ0) is 22.3. The molecule has 8 nitrogen and oxygen atoms in total. The minimum absolute atomic E-state index is 0.137. The van der Waals surface area contributed by atoms with Crippen molar-refractivity contribution >= 4 is 28.8 Å². The van der Waals surface area contributed by atoms with Crippen molar-refractivity contribution in [3.8, 4) is 27.7 Å². The van der Waals surface area contributed by atoms with E-state index in [1.54, 1.807) is 41.7 Å². The topological polar surface area (TPSA) is 99.0 Å². The normalized spacial score (nSPS) is 10.7. The van der Waals surface area contributed by atoms with E-state index in [4.69, 9.17) is 16.3 Å². The third-order valence-electron chi connectivity index (χ3n) is 4.42. The fourth-order valence-electron chi connectivity index (χ4n) is 2.83. The van der Waals surface area contributed by atoms with E-state index >= 15 is 0 Å². The van der Waals surface area contributed by atoms with Crippen molar-refractivity contribution in [1.82, 2.24) is 25.1 Å². The molecule has 1 amide bonds. The van der Waals surface area contributed by atoms with Crippen LogP contribution in [0.4, 0.5) is 0 Å². The summed E-state index contributed by atoms with van der Waals surface area (Å²) < 4.78 is 6.74. The van der Waals surface area contributed by atoms with Crippen molar-refractivity contribution in [2.45, 2.75) is 6.54 Å². The van der Waals surface area contributed by atoms with Gasteiger partial charge in [-0.25, -0.2) is 4.98 Å². The molecular formula is C22H18ClN5O3S. The van der Waals surface area contributed by atoms with E-state index in [1.807, 2.05) is 23.6 Å². The number of halogens is 1. The number of carbonyl (C=O) groups excluding carboxylic acids is 1. The van der Waals surface area contributed by atoms with Crippen LogP contribution >= 0.6 is 22.9 Å². The summed E-state index contributed by atoms with van der Waals surface area (Å²) in [5.41, 5.74) is 1.74. The van der Waals surface area contributed by atoms with Gasteiger partial charge in [0.2, 0.25) is 11.8 Å². The van der Waals surface area contributed by atoms with Crippen LogP contribution in [0.25, 0.3) is 21.8 Å². The molecule has 0 spiro atoms. The first-order valence-electron chi connectivity index (χ1n) is 9.68. The second-order valence-corrected chi connectivity index (χ2v) is 8.06. The number of thiophene rings is 1. The Morgan fingerprint density at radius 2 is 1.94 bits per heavy atom. The highest BCUT2D eigenvalue weighted by molar-refractivity contribution is 7.13. The van der Waals surface area contributed by atoms with Crippen LogP contribution in [0, 0.1) is 0 Å². The SMILES string of the molecule is O=C(Cn1cnc(-c2ccc(Cl)cc2)cc1=O)NCCOc1ccc(-c2cccs2)nn1. The first kappa shape index (κ1) is 21.7. The summed E-state index contributed by atoms with van der Waals surface area (Å²) in [6.45, 7) is 0.349. The number of carbonyl (C=O) groups is 1. The second kappa shape index (κ2) is 10.2. The molecule has 4 rings (SSSR count). The Morgan fingerprint density at radius 3 is 2.62 bits per heavy atom. The average Bonchev–Trinajstić information content (AvgIpc) is 3.34. The van der Waals surface area contributed by atoms with Gasteiger partial charge in [0.05, 0.1) is 23.4 Å². The number of rotatable bonds is 8. The number of ether oxygens (including phenoxy) is 1. The zero-order valence-electron chi connectivity index (χ0n) is 16.8. The molecule has 10 heteroatoms. The average molecular weight is 468 g/mol. The Hall–Kier alpha value is -3.56. The Labute approximate surface area is 192 Å². The third kappa shape index (κ3) is 5.57. The van der Waals surface area contributed by atoms with E-state index in [0.717, 1.165) is 16.1 Å². The maximum absolute atomic E-state index is 12.3. The number of hydrogen-bond donors (Lipinski definition) is 1. The smallest absolute Gasteiger partial charge is 0.254 e. The quantitative estimate of drug-likeness (QED) is 0.399. The maximum atomic E-state index is 12.3. The van der Waals surface area contributed by atoms with Gasteiger partial charge in [-0.05, 0) is 29.6 Å². The number of nitrogens with one attached hydrogen (secondary N) is 1. The van der Waals surface area contributed by atoms with Crippen LogP contribution in [-0.2, 0) is 11.3 Å². The molecule has 1 N–H and O–H groups in total. The van der Waals surface area contributed by atoms with Crippen LogP contribution in [0.2, 0.25) is 5.02 Å². The molecule has 0 radical (unpaired) electrons. The summed E-state index contributed by atoms with van der Waals surface area (Å²) in [6, 6.07) is 15.9. The summed E-state index contributed by atoms with van der Waals surface area (Å²) in [5, 5.41) is 13.4. The molecule has 0 bridgehead atoms. The second-order valence-electron chi connectivity index (χ2n) is 6.68. The number of hydrogen-bond acceptors (Lipinski definition) is 7. The molecule has 0 saturated heterocycles. The molecule has 0 aliphatic heterocycles. The molecule has 32 heavy (non-hydrogen) atoms. The molecule has 3 aromatic heterocycles. The fraction of sp³-hybridized carbons (Fsp3) is 0.136. The standard InChI is InChI=1S/C22H18ClN5O3S/c23-16-5-3-15(4-6-16)18-12-22(30)28(14-25-18)13-20(29)24-9-10-31-21-8-7-17(26-27-21)19-2-1-11-32-19/h1-8,11-12,14H,9-10,13H2,(H,24,29). The van der Waals surface area contributed by atoms with Gasteiger partial charge in [-0.15, -0.1) is 21.5 Å². The predicted octanol–water partition coefficient (Wildman–Crippen LogP) is 3.28. The van der Waals surface area contributed by atoms with E-state index in [0.29, 0.717) is 16.6 Å². The number of nitrogens with zero attached hydrogens (tertiary/aromatic N) is 4. The summed E-state index contributed by atoms with van der Waals surface area (Å²) in [5.74, 6) is 0.0497. The Morgan fingerprint density at radius 1 is 1.09 bits per heavy atom. The Bertz CT molecular complexity index is 1240. The van der Waals surface area contributed by atoms with Gasteiger partial charge >= 0.3 is 0 Å². The van der Waals surface area contributed by atoms with Crippen molar-refractivity contribution in [2.75, 3.05) is 13.2 Å². The van der Waals surface area contributed by atoms with Gasteiger partial charge in [0.15, 0.2) is 0 Å². The van der Waals surface area contributed by atoms with Crippen LogP contribution in [0.3, 0.4) is 0 Å². The van der Waals surface area contributed by atoms with Crippen LogP contribution in [0.5, 0.6) is 5.88 Å². The summed E-state index contributed by atoms with van der Waals surface area (Å²) in [4.78, 5) is 29.8. The summed E-state index contributed by atoms with van der Waals surface area (Å²) in [7, 11) is 0. The molecule has 0 fully saturated rings. The molecule has 3 heterocycles. The zero-order valence-corrected chi connectivity index (χ0v) is 18.3. The lowest BCUT2D eigenvalue weighted by Crippen LogP contribution is -2.34. The molecule has 162 valence electrons. The molecule has 0 aliphatic carbocycles. The highest BCUT2D eigenvalue weighted by atomic mass is 35.5. The first-order valence-corrected chi connectivity index (χ1v) is 10.9. The van der Waals surface area contributed by atoms with Gasteiger partial charge in [0, 0.05) is 22.7 Å². The largest absolute Gasteiger partial charge is 0.475 e. The van der Waals surface area contributed by atoms with Gasteiger partial charge in [-0.1, -0.05) is 29.8 Å². The van der Waals surface area contributed by atoms with E-state index in [1.165, 1.54) is 17.0 Å². The van der Waals surface area contributed by atoms with Crippen molar-refractivity contribution in [3.05, 3.63) is 81.7 Å². The molecule has 0 atom stereocenters. The third-order valence-corrected chi connectivity index (χ3v) is 5.57. The van der Waals surface area contributed by atoms with Crippen LogP contribution in [0.1, 0.15) is 0 Å². The minimum atomic E-state index is -0.323. The van der Waals surface area contributed by atoms with E-state index in [-0.39, 0.29) is 31.2 Å². The number of amides is 1. The molecule has 1 aromatic carbocycles. The van der Waals surface area contributed by atoms with Gasteiger partial charge in [0.25, 0.3) is 5.56 Å². The van der Waals surface area contributed by atoms with Crippen LogP contribution < -0.4 is 15.6 Å². The van der Waals surface area contributed by atoms with Gasteiger partial charge in [-0.2, -0.15) is 0 Å². The van der Waals surface area contributed by atoms with E-state index in [9.17, 15) is 9.59 Å². The van der Waals surface area contributed by atoms with Crippen molar-refractivity contribution < 1.29 is 9.53 Å². The predicted molar refractivity (Wildman–Crippen MR) is 123 cm³/mol. The lowest BCUT2D eigenvalue weighted by molar-refractivity contribution is -0.121. The maximum Gasteiger partial charge on any atom is 0.254 e.